The number of aryl methyl sites for hydroxylation is 1. The first-order chi connectivity index (χ1) is 11.2. The first kappa shape index (κ1) is 15.9. The highest BCUT2D eigenvalue weighted by Crippen LogP contribution is 2.41. The number of hydrogen-bond donors (Lipinski definition) is 1. The molecule has 0 fully saturated rings. The number of esters is 1. The Kier molecular flexibility index (Phi) is 4.91. The Morgan fingerprint density at radius 2 is 1.96 bits per heavy atom. The molecule has 0 radical (unpaired) electrons. The number of para-hydroxylation sites is 1. The van der Waals surface area contributed by atoms with Crippen LogP contribution < -0.4 is 5.32 Å². The molecule has 0 saturated carbocycles. The van der Waals surface area contributed by atoms with Gasteiger partial charge in [0, 0.05) is 10.6 Å². The third-order valence-electron chi connectivity index (χ3n) is 3.97. The van der Waals surface area contributed by atoms with E-state index in [-0.39, 0.29) is 17.3 Å². The van der Waals surface area contributed by atoms with E-state index < -0.39 is 0 Å². The molecule has 2 aromatic carbocycles. The minimum absolute atomic E-state index is 0.0983. The van der Waals surface area contributed by atoms with E-state index in [0.717, 1.165) is 10.6 Å². The molecule has 1 aliphatic heterocycles. The fourth-order valence-corrected chi connectivity index (χ4v) is 3.92. The van der Waals surface area contributed by atoms with E-state index in [1.807, 2.05) is 19.1 Å². The summed E-state index contributed by atoms with van der Waals surface area (Å²) in [5.74, 6) is -0.131. The minimum Gasteiger partial charge on any atom is -0.465 e. The van der Waals surface area contributed by atoms with E-state index in [0.29, 0.717) is 13.0 Å². The van der Waals surface area contributed by atoms with Crippen LogP contribution in [0.5, 0.6) is 0 Å². The van der Waals surface area contributed by atoms with Crippen molar-refractivity contribution in [3.05, 3.63) is 59.7 Å². The molecule has 0 aliphatic carbocycles. The summed E-state index contributed by atoms with van der Waals surface area (Å²) >= 11 is 1.59. The summed E-state index contributed by atoms with van der Waals surface area (Å²) in [6.07, 6.45) is 0.710. The second-order valence-electron chi connectivity index (χ2n) is 5.70. The Bertz CT molecular complexity index is 684. The Balaban J connectivity index is 1.93. The minimum atomic E-state index is -0.197. The second-order valence-corrected chi connectivity index (χ2v) is 6.94. The van der Waals surface area contributed by atoms with Crippen LogP contribution in [0.3, 0.4) is 0 Å². The molecule has 120 valence electrons. The van der Waals surface area contributed by atoms with Crippen LogP contribution in [0.2, 0.25) is 0 Å². The summed E-state index contributed by atoms with van der Waals surface area (Å²) in [5.41, 5.74) is 3.51. The van der Waals surface area contributed by atoms with Gasteiger partial charge in [0.2, 0.25) is 0 Å². The van der Waals surface area contributed by atoms with Crippen molar-refractivity contribution in [1.29, 1.82) is 0 Å². The molecule has 1 N–H and O–H groups in total. The molecule has 0 bridgehead atoms. The number of carbonyl (C=O) groups excluding carboxylic acids is 1. The smallest absolute Gasteiger partial charge is 0.319 e. The van der Waals surface area contributed by atoms with Gasteiger partial charge in [0.05, 0.1) is 12.6 Å². The number of benzene rings is 2. The van der Waals surface area contributed by atoms with Crippen molar-refractivity contribution in [2.75, 3.05) is 11.9 Å². The fourth-order valence-electron chi connectivity index (χ4n) is 2.75. The Labute approximate surface area is 141 Å². The lowest BCUT2D eigenvalue weighted by Gasteiger charge is -2.20. The third kappa shape index (κ3) is 3.70. The molecule has 0 aromatic heterocycles. The number of ether oxygens (including phenoxy) is 1. The number of fused-ring (bicyclic) bond motifs is 1. The topological polar surface area (TPSA) is 38.3 Å². The lowest BCUT2D eigenvalue weighted by Crippen LogP contribution is -2.23. The van der Waals surface area contributed by atoms with Crippen LogP contribution >= 0.6 is 11.8 Å². The zero-order valence-electron chi connectivity index (χ0n) is 13.4. The third-order valence-corrected chi connectivity index (χ3v) is 5.24. The summed E-state index contributed by atoms with van der Waals surface area (Å²) in [4.78, 5) is 13.4. The number of thioether (sulfide) groups is 1. The number of anilines is 1. The second kappa shape index (κ2) is 7.09. The van der Waals surface area contributed by atoms with Gasteiger partial charge in [-0.25, -0.2) is 0 Å². The predicted molar refractivity (Wildman–Crippen MR) is 94.9 cm³/mol. The molecule has 2 atom stereocenters. The lowest BCUT2D eigenvalue weighted by molar-refractivity contribution is -0.142. The highest BCUT2D eigenvalue weighted by molar-refractivity contribution is 8.00. The quantitative estimate of drug-likeness (QED) is 0.838. The standard InChI is InChI=1S/C19H21NO2S/c1-3-22-19(21)18-12-16(14-10-8-13(2)9-11-14)20-15-6-4-5-7-17(15)23-18/h4-11,16,18,20H,3,12H2,1-2H3. The zero-order chi connectivity index (χ0) is 16.2. The normalized spacial score (nSPS) is 20.1. The maximum absolute atomic E-state index is 12.3. The van der Waals surface area contributed by atoms with Crippen molar-refractivity contribution < 1.29 is 9.53 Å². The highest BCUT2D eigenvalue weighted by Gasteiger charge is 2.30. The predicted octanol–water partition coefficient (Wildman–Crippen LogP) is 4.58. The Morgan fingerprint density at radius 3 is 2.70 bits per heavy atom. The van der Waals surface area contributed by atoms with Gasteiger partial charge in [-0.3, -0.25) is 4.79 Å². The SMILES string of the molecule is CCOC(=O)C1CC(c2ccc(C)cc2)Nc2ccccc2S1. The summed E-state index contributed by atoms with van der Waals surface area (Å²) in [5, 5.41) is 3.40. The highest BCUT2D eigenvalue weighted by atomic mass is 32.2. The van der Waals surface area contributed by atoms with E-state index in [9.17, 15) is 4.79 Å². The molecule has 1 heterocycles. The number of rotatable bonds is 3. The van der Waals surface area contributed by atoms with Crippen molar-refractivity contribution in [2.45, 2.75) is 36.5 Å². The molecular formula is C19H21NO2S. The molecule has 2 unspecified atom stereocenters. The van der Waals surface area contributed by atoms with Crippen LogP contribution in [-0.2, 0) is 9.53 Å². The van der Waals surface area contributed by atoms with Gasteiger partial charge in [-0.05, 0) is 38.0 Å². The average Bonchev–Trinajstić information content (AvgIpc) is 2.75. The van der Waals surface area contributed by atoms with Crippen LogP contribution in [0.1, 0.15) is 30.5 Å². The largest absolute Gasteiger partial charge is 0.465 e. The van der Waals surface area contributed by atoms with Crippen molar-refractivity contribution >= 4 is 23.4 Å². The Morgan fingerprint density at radius 1 is 1.22 bits per heavy atom. The summed E-state index contributed by atoms with van der Waals surface area (Å²) in [6, 6.07) is 16.7. The van der Waals surface area contributed by atoms with Crippen LogP contribution in [-0.4, -0.2) is 17.8 Å². The maximum atomic E-state index is 12.3. The van der Waals surface area contributed by atoms with Crippen LogP contribution in [0, 0.1) is 6.92 Å². The van der Waals surface area contributed by atoms with E-state index in [1.165, 1.54) is 11.1 Å². The summed E-state index contributed by atoms with van der Waals surface area (Å²) < 4.78 is 5.27. The monoisotopic (exact) mass is 327 g/mol. The van der Waals surface area contributed by atoms with Crippen molar-refractivity contribution in [2.24, 2.45) is 0 Å². The molecule has 0 amide bonds. The fraction of sp³-hybridized carbons (Fsp3) is 0.316. The van der Waals surface area contributed by atoms with Crippen molar-refractivity contribution in [3.63, 3.8) is 0 Å². The van der Waals surface area contributed by atoms with Gasteiger partial charge in [-0.2, -0.15) is 0 Å². The van der Waals surface area contributed by atoms with E-state index in [2.05, 4.69) is 48.6 Å². The number of nitrogens with one attached hydrogen (secondary N) is 1. The number of carbonyl (C=O) groups is 1. The van der Waals surface area contributed by atoms with Gasteiger partial charge in [-0.1, -0.05) is 42.0 Å². The average molecular weight is 327 g/mol. The molecule has 3 nitrogen and oxygen atoms in total. The van der Waals surface area contributed by atoms with Gasteiger partial charge in [-0.15, -0.1) is 11.8 Å². The first-order valence-electron chi connectivity index (χ1n) is 7.93. The molecule has 23 heavy (non-hydrogen) atoms. The van der Waals surface area contributed by atoms with Crippen LogP contribution in [0.4, 0.5) is 5.69 Å². The van der Waals surface area contributed by atoms with Gasteiger partial charge in [0.25, 0.3) is 0 Å². The molecule has 3 rings (SSSR count). The molecule has 2 aromatic rings. The summed E-state index contributed by atoms with van der Waals surface area (Å²) in [6.45, 7) is 4.35. The molecule has 0 spiro atoms. The van der Waals surface area contributed by atoms with E-state index >= 15 is 0 Å². The van der Waals surface area contributed by atoms with Crippen LogP contribution in [0.15, 0.2) is 53.4 Å². The molecule has 0 saturated heterocycles. The number of hydrogen-bond acceptors (Lipinski definition) is 4. The Hall–Kier alpha value is -1.94. The van der Waals surface area contributed by atoms with E-state index in [1.54, 1.807) is 11.8 Å². The van der Waals surface area contributed by atoms with Gasteiger partial charge in [0.1, 0.15) is 5.25 Å². The first-order valence-corrected chi connectivity index (χ1v) is 8.80. The molecular weight excluding hydrogens is 306 g/mol. The van der Waals surface area contributed by atoms with Gasteiger partial charge >= 0.3 is 5.97 Å². The zero-order valence-corrected chi connectivity index (χ0v) is 14.2. The summed E-state index contributed by atoms with van der Waals surface area (Å²) in [7, 11) is 0. The van der Waals surface area contributed by atoms with Gasteiger partial charge < -0.3 is 10.1 Å². The van der Waals surface area contributed by atoms with Crippen molar-refractivity contribution in [3.8, 4) is 0 Å². The van der Waals surface area contributed by atoms with E-state index in [4.69, 9.17) is 4.74 Å². The maximum Gasteiger partial charge on any atom is 0.319 e. The van der Waals surface area contributed by atoms with Gasteiger partial charge in [0.15, 0.2) is 0 Å². The lowest BCUT2D eigenvalue weighted by atomic mass is 10.00. The molecule has 4 heteroatoms. The van der Waals surface area contributed by atoms with Crippen molar-refractivity contribution in [1.82, 2.24) is 0 Å². The molecule has 1 aliphatic rings. The van der Waals surface area contributed by atoms with Crippen LogP contribution in [0.25, 0.3) is 0 Å².